The number of rotatable bonds is 2. The summed E-state index contributed by atoms with van der Waals surface area (Å²) >= 11 is 2.00. The summed E-state index contributed by atoms with van der Waals surface area (Å²) in [6.07, 6.45) is -2.33. The van der Waals surface area contributed by atoms with E-state index in [1.807, 2.05) is 22.6 Å². The van der Waals surface area contributed by atoms with Gasteiger partial charge in [0.05, 0.1) is 0 Å². The highest BCUT2D eigenvalue weighted by molar-refractivity contribution is 14.1. The minimum atomic E-state index is -2.33. The van der Waals surface area contributed by atoms with E-state index in [0.29, 0.717) is 0 Å². The lowest BCUT2D eigenvalue weighted by atomic mass is 10.5. The van der Waals surface area contributed by atoms with Gasteiger partial charge < -0.3 is 0 Å². The topological polar surface area (TPSA) is 17.8 Å². The fraction of sp³-hybridized carbons (Fsp3) is 0.500. The smallest absolute Gasteiger partial charge is 0.257 e. The Bertz CT molecular complexity index is 247. The molecule has 1 aromatic rings. The Morgan fingerprint density at radius 1 is 1.73 bits per heavy atom. The number of aromatic nitrogens is 2. The monoisotopic (exact) mass is 272 g/mol. The molecule has 1 heterocycles. The van der Waals surface area contributed by atoms with Crippen LogP contribution in [0.5, 0.6) is 0 Å². The van der Waals surface area contributed by atoms with Gasteiger partial charge in [0, 0.05) is 5.69 Å². The maximum atomic E-state index is 11.8. The molecule has 0 aliphatic rings. The van der Waals surface area contributed by atoms with Crippen molar-refractivity contribution < 1.29 is 8.78 Å². The maximum absolute atomic E-state index is 11.8. The molecule has 0 spiro atoms. The lowest BCUT2D eigenvalue weighted by Crippen LogP contribution is -2.09. The summed E-state index contributed by atoms with van der Waals surface area (Å²) in [7, 11) is 0. The van der Waals surface area contributed by atoms with Crippen LogP contribution in [0.25, 0.3) is 0 Å². The molecule has 0 aromatic carbocycles. The molecule has 62 valence electrons. The van der Waals surface area contributed by atoms with Gasteiger partial charge in [0.15, 0.2) is 0 Å². The molecule has 0 saturated heterocycles. The molecule has 0 fully saturated rings. The molecule has 0 radical (unpaired) electrons. The van der Waals surface area contributed by atoms with Gasteiger partial charge in [-0.3, -0.25) is 4.68 Å². The van der Waals surface area contributed by atoms with Crippen LogP contribution in [0.4, 0.5) is 8.78 Å². The number of alkyl halides is 2. The molecule has 0 bridgehead atoms. The SMILES string of the molecule is Cc1cc(I)nn1CC(F)F. The lowest BCUT2D eigenvalue weighted by Gasteiger charge is -2.01. The minimum Gasteiger partial charge on any atom is -0.263 e. The first kappa shape index (κ1) is 8.89. The van der Waals surface area contributed by atoms with Gasteiger partial charge in [-0.05, 0) is 35.6 Å². The number of hydrogen-bond donors (Lipinski definition) is 0. The predicted molar refractivity (Wildman–Crippen MR) is 45.7 cm³/mol. The summed E-state index contributed by atoms with van der Waals surface area (Å²) < 4.78 is 25.8. The summed E-state index contributed by atoms with van der Waals surface area (Å²) in [6.45, 7) is 1.45. The van der Waals surface area contributed by atoms with E-state index >= 15 is 0 Å². The fourth-order valence-electron chi connectivity index (χ4n) is 0.785. The highest BCUT2D eigenvalue weighted by atomic mass is 127. The van der Waals surface area contributed by atoms with Crippen LogP contribution in [0.3, 0.4) is 0 Å². The van der Waals surface area contributed by atoms with E-state index in [2.05, 4.69) is 5.10 Å². The Morgan fingerprint density at radius 3 is 2.73 bits per heavy atom. The van der Waals surface area contributed by atoms with Gasteiger partial charge in [-0.25, -0.2) is 8.78 Å². The molecular formula is C6H7F2IN2. The standard InChI is InChI=1S/C6H7F2IN2/c1-4-2-6(9)10-11(4)3-5(7)8/h2,5H,3H2,1H3. The summed E-state index contributed by atoms with van der Waals surface area (Å²) in [5, 5.41) is 3.87. The molecule has 2 nitrogen and oxygen atoms in total. The Kier molecular flexibility index (Phi) is 2.80. The van der Waals surface area contributed by atoms with Crippen LogP contribution in [0.1, 0.15) is 5.69 Å². The van der Waals surface area contributed by atoms with E-state index in [9.17, 15) is 8.78 Å². The average molecular weight is 272 g/mol. The van der Waals surface area contributed by atoms with Crippen molar-refractivity contribution in [3.8, 4) is 0 Å². The van der Waals surface area contributed by atoms with E-state index in [1.165, 1.54) is 4.68 Å². The van der Waals surface area contributed by atoms with Gasteiger partial charge in [0.2, 0.25) is 0 Å². The molecule has 0 unspecified atom stereocenters. The van der Waals surface area contributed by atoms with Crippen LogP contribution >= 0.6 is 22.6 Å². The molecule has 0 amide bonds. The van der Waals surface area contributed by atoms with Crippen LogP contribution < -0.4 is 0 Å². The second kappa shape index (κ2) is 3.46. The third kappa shape index (κ3) is 2.39. The summed E-state index contributed by atoms with van der Waals surface area (Å²) in [5.74, 6) is 0. The first-order valence-electron chi connectivity index (χ1n) is 3.07. The number of aryl methyl sites for hydroxylation is 1. The Labute approximate surface area is 76.7 Å². The highest BCUT2D eigenvalue weighted by Crippen LogP contribution is 2.07. The Hall–Kier alpha value is -0.200. The van der Waals surface area contributed by atoms with Crippen LogP contribution in [0.2, 0.25) is 0 Å². The molecule has 0 atom stereocenters. The second-order valence-corrected chi connectivity index (χ2v) is 3.29. The zero-order valence-corrected chi connectivity index (χ0v) is 8.05. The first-order chi connectivity index (χ1) is 5.09. The molecule has 1 aromatic heterocycles. The van der Waals surface area contributed by atoms with E-state index in [-0.39, 0.29) is 6.54 Å². The third-order valence-electron chi connectivity index (χ3n) is 1.26. The highest BCUT2D eigenvalue weighted by Gasteiger charge is 2.07. The van der Waals surface area contributed by atoms with Gasteiger partial charge in [0.25, 0.3) is 6.43 Å². The average Bonchev–Trinajstić information content (AvgIpc) is 2.09. The van der Waals surface area contributed by atoms with Crippen molar-refractivity contribution in [1.29, 1.82) is 0 Å². The summed E-state index contributed by atoms with van der Waals surface area (Å²) in [5.41, 5.74) is 0.773. The fourth-order valence-corrected chi connectivity index (χ4v) is 1.50. The normalized spacial score (nSPS) is 11.0. The van der Waals surface area contributed by atoms with E-state index in [4.69, 9.17) is 0 Å². The largest absolute Gasteiger partial charge is 0.263 e. The van der Waals surface area contributed by atoms with Crippen LogP contribution in [-0.2, 0) is 6.54 Å². The molecule has 0 saturated carbocycles. The molecule has 0 aliphatic heterocycles. The third-order valence-corrected chi connectivity index (χ3v) is 1.79. The van der Waals surface area contributed by atoms with Gasteiger partial charge >= 0.3 is 0 Å². The van der Waals surface area contributed by atoms with Crippen molar-refractivity contribution >= 4 is 22.6 Å². The van der Waals surface area contributed by atoms with Crippen LogP contribution in [-0.4, -0.2) is 16.2 Å². The van der Waals surface area contributed by atoms with Crippen LogP contribution in [0, 0.1) is 10.6 Å². The molecule has 1 rings (SSSR count). The van der Waals surface area contributed by atoms with Gasteiger partial charge in [-0.2, -0.15) is 5.10 Å². The van der Waals surface area contributed by atoms with Gasteiger partial charge in [-0.15, -0.1) is 0 Å². The van der Waals surface area contributed by atoms with Crippen molar-refractivity contribution in [3.05, 3.63) is 15.5 Å². The first-order valence-corrected chi connectivity index (χ1v) is 4.15. The molecular weight excluding hydrogens is 265 g/mol. The van der Waals surface area contributed by atoms with Crippen LogP contribution in [0.15, 0.2) is 6.07 Å². The summed E-state index contributed by atoms with van der Waals surface area (Å²) in [4.78, 5) is 0. The Balaban J connectivity index is 2.77. The van der Waals surface area contributed by atoms with Gasteiger partial charge in [0.1, 0.15) is 10.2 Å². The van der Waals surface area contributed by atoms with E-state index in [0.717, 1.165) is 9.39 Å². The quantitative estimate of drug-likeness (QED) is 0.753. The Morgan fingerprint density at radius 2 is 2.36 bits per heavy atom. The van der Waals surface area contributed by atoms with E-state index < -0.39 is 6.43 Å². The lowest BCUT2D eigenvalue weighted by molar-refractivity contribution is 0.121. The van der Waals surface area contributed by atoms with Crippen molar-refractivity contribution in [2.75, 3.05) is 0 Å². The number of hydrogen-bond acceptors (Lipinski definition) is 1. The number of nitrogens with zero attached hydrogens (tertiary/aromatic N) is 2. The van der Waals surface area contributed by atoms with Crippen molar-refractivity contribution in [2.45, 2.75) is 19.9 Å². The van der Waals surface area contributed by atoms with E-state index in [1.54, 1.807) is 13.0 Å². The van der Waals surface area contributed by atoms with Crippen molar-refractivity contribution in [2.24, 2.45) is 0 Å². The molecule has 11 heavy (non-hydrogen) atoms. The predicted octanol–water partition coefficient (Wildman–Crippen LogP) is 2.06. The summed E-state index contributed by atoms with van der Waals surface area (Å²) in [6, 6.07) is 1.77. The molecule has 0 N–H and O–H groups in total. The minimum absolute atomic E-state index is 0.311. The zero-order chi connectivity index (χ0) is 8.43. The maximum Gasteiger partial charge on any atom is 0.257 e. The zero-order valence-electron chi connectivity index (χ0n) is 5.89. The van der Waals surface area contributed by atoms with Crippen molar-refractivity contribution in [3.63, 3.8) is 0 Å². The molecule has 0 aliphatic carbocycles. The molecule has 5 heteroatoms. The number of halogens is 3. The van der Waals surface area contributed by atoms with Gasteiger partial charge in [-0.1, -0.05) is 0 Å². The second-order valence-electron chi connectivity index (χ2n) is 2.18. The van der Waals surface area contributed by atoms with Crippen molar-refractivity contribution in [1.82, 2.24) is 9.78 Å².